The van der Waals surface area contributed by atoms with E-state index in [4.69, 9.17) is 14.2 Å². The number of amides is 2. The standard InChI is InChI=1S/C21H22N2O5/c1-2-3-4-9-23-16-11-15(6-8-17(16)26-12-20(23)24)22-21(25)14-5-7-18-19(10-14)28-13-27-18/h5-8,10-11H,2-4,9,12-13H2,1H3,(H,22,25). The van der Waals surface area contributed by atoms with Crippen molar-refractivity contribution in [2.45, 2.75) is 26.2 Å². The summed E-state index contributed by atoms with van der Waals surface area (Å²) in [5.41, 5.74) is 1.75. The lowest BCUT2D eigenvalue weighted by Gasteiger charge is -2.29. The highest BCUT2D eigenvalue weighted by atomic mass is 16.7. The smallest absolute Gasteiger partial charge is 0.265 e. The quantitative estimate of drug-likeness (QED) is 0.773. The van der Waals surface area contributed by atoms with Gasteiger partial charge in [0.15, 0.2) is 18.1 Å². The molecule has 7 nitrogen and oxygen atoms in total. The summed E-state index contributed by atoms with van der Waals surface area (Å²) in [6.07, 6.45) is 3.06. The SMILES string of the molecule is CCCCCN1C(=O)COc2ccc(NC(=O)c3ccc4c(c3)OCO4)cc21. The number of nitrogens with zero attached hydrogens (tertiary/aromatic N) is 1. The summed E-state index contributed by atoms with van der Waals surface area (Å²) in [6, 6.07) is 10.4. The molecule has 0 atom stereocenters. The van der Waals surface area contributed by atoms with Gasteiger partial charge in [-0.15, -0.1) is 0 Å². The number of unbranched alkanes of at least 4 members (excludes halogenated alkanes) is 2. The molecule has 0 aliphatic carbocycles. The molecular weight excluding hydrogens is 360 g/mol. The number of nitrogens with one attached hydrogen (secondary N) is 1. The third-order valence-corrected chi connectivity index (χ3v) is 4.78. The Morgan fingerprint density at radius 1 is 1.04 bits per heavy atom. The molecule has 2 aliphatic rings. The fourth-order valence-electron chi connectivity index (χ4n) is 3.29. The Labute approximate surface area is 163 Å². The van der Waals surface area contributed by atoms with Gasteiger partial charge in [-0.2, -0.15) is 0 Å². The van der Waals surface area contributed by atoms with E-state index in [1.54, 1.807) is 41.3 Å². The van der Waals surface area contributed by atoms with Gasteiger partial charge in [-0.3, -0.25) is 9.59 Å². The molecule has 2 aliphatic heterocycles. The van der Waals surface area contributed by atoms with Crippen LogP contribution in [-0.4, -0.2) is 31.8 Å². The van der Waals surface area contributed by atoms with E-state index in [0.29, 0.717) is 40.7 Å². The van der Waals surface area contributed by atoms with Crippen molar-refractivity contribution in [2.24, 2.45) is 0 Å². The van der Waals surface area contributed by atoms with Gasteiger partial charge in [-0.05, 0) is 42.8 Å². The van der Waals surface area contributed by atoms with Crippen LogP contribution in [0.25, 0.3) is 0 Å². The predicted molar refractivity (Wildman–Crippen MR) is 104 cm³/mol. The molecule has 1 N–H and O–H groups in total. The minimum atomic E-state index is -0.265. The van der Waals surface area contributed by atoms with Gasteiger partial charge >= 0.3 is 0 Å². The lowest BCUT2D eigenvalue weighted by atomic mass is 10.1. The predicted octanol–water partition coefficient (Wildman–Crippen LogP) is 3.58. The van der Waals surface area contributed by atoms with E-state index in [1.807, 2.05) is 0 Å². The van der Waals surface area contributed by atoms with Gasteiger partial charge in [0.2, 0.25) is 6.79 Å². The molecule has 2 amide bonds. The normalized spacial score (nSPS) is 14.5. The van der Waals surface area contributed by atoms with Crippen LogP contribution in [0.5, 0.6) is 17.2 Å². The molecule has 28 heavy (non-hydrogen) atoms. The molecule has 0 spiro atoms. The Morgan fingerprint density at radius 3 is 2.71 bits per heavy atom. The van der Waals surface area contributed by atoms with Crippen molar-refractivity contribution in [3.8, 4) is 17.2 Å². The van der Waals surface area contributed by atoms with Crippen LogP contribution in [0.15, 0.2) is 36.4 Å². The van der Waals surface area contributed by atoms with E-state index in [0.717, 1.165) is 19.3 Å². The highest BCUT2D eigenvalue weighted by Gasteiger charge is 2.25. The Hall–Kier alpha value is -3.22. The van der Waals surface area contributed by atoms with Crippen LogP contribution in [0, 0.1) is 0 Å². The number of anilines is 2. The number of fused-ring (bicyclic) bond motifs is 2. The van der Waals surface area contributed by atoms with Crippen molar-refractivity contribution in [3.05, 3.63) is 42.0 Å². The van der Waals surface area contributed by atoms with Gasteiger partial charge in [-0.1, -0.05) is 19.8 Å². The average molecular weight is 382 g/mol. The second kappa shape index (κ2) is 7.80. The van der Waals surface area contributed by atoms with E-state index in [9.17, 15) is 9.59 Å². The van der Waals surface area contributed by atoms with Crippen molar-refractivity contribution >= 4 is 23.2 Å². The van der Waals surface area contributed by atoms with Crippen molar-refractivity contribution in [2.75, 3.05) is 30.2 Å². The fourth-order valence-corrected chi connectivity index (χ4v) is 3.29. The highest BCUT2D eigenvalue weighted by Crippen LogP contribution is 2.36. The first-order chi connectivity index (χ1) is 13.7. The monoisotopic (exact) mass is 382 g/mol. The molecule has 7 heteroatoms. The van der Waals surface area contributed by atoms with Crippen LogP contribution >= 0.6 is 0 Å². The minimum Gasteiger partial charge on any atom is -0.482 e. The Balaban J connectivity index is 1.53. The number of carbonyl (C=O) groups is 2. The first-order valence-electron chi connectivity index (χ1n) is 9.44. The third-order valence-electron chi connectivity index (χ3n) is 4.78. The molecule has 2 aromatic carbocycles. The van der Waals surface area contributed by atoms with Crippen LogP contribution < -0.4 is 24.4 Å². The zero-order chi connectivity index (χ0) is 19.5. The summed E-state index contributed by atoms with van der Waals surface area (Å²) in [7, 11) is 0. The molecule has 146 valence electrons. The molecule has 0 aromatic heterocycles. The van der Waals surface area contributed by atoms with Crippen LogP contribution in [-0.2, 0) is 4.79 Å². The molecule has 4 rings (SSSR count). The summed E-state index contributed by atoms with van der Waals surface area (Å²) < 4.78 is 16.1. The molecule has 2 heterocycles. The van der Waals surface area contributed by atoms with Crippen molar-refractivity contribution in [1.29, 1.82) is 0 Å². The van der Waals surface area contributed by atoms with Crippen molar-refractivity contribution in [1.82, 2.24) is 0 Å². The number of hydrogen-bond donors (Lipinski definition) is 1. The van der Waals surface area contributed by atoms with Gasteiger partial charge in [0.05, 0.1) is 5.69 Å². The zero-order valence-corrected chi connectivity index (χ0v) is 15.7. The molecule has 0 fully saturated rings. The maximum atomic E-state index is 12.6. The summed E-state index contributed by atoms with van der Waals surface area (Å²) in [4.78, 5) is 26.7. The number of ether oxygens (including phenoxy) is 3. The lowest BCUT2D eigenvalue weighted by Crippen LogP contribution is -2.39. The maximum Gasteiger partial charge on any atom is 0.265 e. The van der Waals surface area contributed by atoms with E-state index in [2.05, 4.69) is 12.2 Å². The molecule has 2 aromatic rings. The van der Waals surface area contributed by atoms with Gasteiger partial charge in [-0.25, -0.2) is 0 Å². The molecule has 0 saturated carbocycles. The lowest BCUT2D eigenvalue weighted by molar-refractivity contribution is -0.121. The van der Waals surface area contributed by atoms with Crippen LogP contribution in [0.1, 0.15) is 36.5 Å². The summed E-state index contributed by atoms with van der Waals surface area (Å²) in [5.74, 6) is 1.50. The zero-order valence-electron chi connectivity index (χ0n) is 15.7. The van der Waals surface area contributed by atoms with Gasteiger partial charge in [0.1, 0.15) is 5.75 Å². The number of hydrogen-bond acceptors (Lipinski definition) is 5. The van der Waals surface area contributed by atoms with Gasteiger partial charge in [0, 0.05) is 17.8 Å². The van der Waals surface area contributed by atoms with E-state index in [-0.39, 0.29) is 25.2 Å². The number of benzene rings is 2. The first-order valence-corrected chi connectivity index (χ1v) is 9.44. The molecule has 0 bridgehead atoms. The van der Waals surface area contributed by atoms with Crippen molar-refractivity contribution in [3.63, 3.8) is 0 Å². The first kappa shape index (κ1) is 18.2. The van der Waals surface area contributed by atoms with Gasteiger partial charge < -0.3 is 24.4 Å². The van der Waals surface area contributed by atoms with E-state index < -0.39 is 0 Å². The Bertz CT molecular complexity index is 912. The second-order valence-electron chi connectivity index (χ2n) is 6.75. The average Bonchev–Trinajstić information content (AvgIpc) is 3.17. The van der Waals surface area contributed by atoms with Crippen molar-refractivity contribution < 1.29 is 23.8 Å². The van der Waals surface area contributed by atoms with E-state index >= 15 is 0 Å². The summed E-state index contributed by atoms with van der Waals surface area (Å²) in [5, 5.41) is 2.87. The molecule has 0 radical (unpaired) electrons. The second-order valence-corrected chi connectivity index (χ2v) is 6.75. The van der Waals surface area contributed by atoms with E-state index in [1.165, 1.54) is 0 Å². The Kier molecular flexibility index (Phi) is 5.06. The Morgan fingerprint density at radius 2 is 1.86 bits per heavy atom. The maximum absolute atomic E-state index is 12.6. The number of carbonyl (C=O) groups excluding carboxylic acids is 2. The third kappa shape index (κ3) is 3.60. The number of rotatable bonds is 6. The topological polar surface area (TPSA) is 77.1 Å². The van der Waals surface area contributed by atoms with Crippen LogP contribution in [0.2, 0.25) is 0 Å². The van der Waals surface area contributed by atoms with Crippen LogP contribution in [0.4, 0.5) is 11.4 Å². The molecular formula is C21H22N2O5. The molecule has 0 unspecified atom stereocenters. The fraction of sp³-hybridized carbons (Fsp3) is 0.333. The highest BCUT2D eigenvalue weighted by molar-refractivity contribution is 6.05. The summed E-state index contributed by atoms with van der Waals surface area (Å²) in [6.45, 7) is 2.97. The van der Waals surface area contributed by atoms with Gasteiger partial charge in [0.25, 0.3) is 11.8 Å². The molecule has 0 saturated heterocycles. The minimum absolute atomic E-state index is 0.0437. The summed E-state index contributed by atoms with van der Waals surface area (Å²) >= 11 is 0. The van der Waals surface area contributed by atoms with Crippen LogP contribution in [0.3, 0.4) is 0 Å². The largest absolute Gasteiger partial charge is 0.482 e.